The van der Waals surface area contributed by atoms with Crippen molar-refractivity contribution in [1.29, 1.82) is 0 Å². The van der Waals surface area contributed by atoms with Crippen LogP contribution >= 0.6 is 11.6 Å². The Hall–Kier alpha value is -1.35. The van der Waals surface area contributed by atoms with Crippen molar-refractivity contribution in [3.8, 4) is 0 Å². The Balaban J connectivity index is 2.14. The minimum Gasteiger partial charge on any atom is -0.379 e. The van der Waals surface area contributed by atoms with E-state index in [1.165, 1.54) is 4.31 Å². The van der Waals surface area contributed by atoms with E-state index in [-0.39, 0.29) is 5.91 Å². The molecule has 9 heteroatoms. The molecular formula is C18H28ClN3O4S. The minimum atomic E-state index is -3.67. The maximum atomic E-state index is 12.8. The summed E-state index contributed by atoms with van der Waals surface area (Å²) >= 11 is 6.07. The van der Waals surface area contributed by atoms with Gasteiger partial charge in [-0.3, -0.25) is 14.0 Å². The van der Waals surface area contributed by atoms with Crippen LogP contribution in [0.25, 0.3) is 0 Å². The maximum absolute atomic E-state index is 12.8. The largest absolute Gasteiger partial charge is 0.379 e. The highest BCUT2D eigenvalue weighted by molar-refractivity contribution is 7.92. The molecule has 152 valence electrons. The van der Waals surface area contributed by atoms with E-state index in [2.05, 4.69) is 10.2 Å². The molecule has 1 heterocycles. The number of halogens is 1. The van der Waals surface area contributed by atoms with Crippen molar-refractivity contribution in [2.24, 2.45) is 0 Å². The third-order valence-electron chi connectivity index (χ3n) is 4.57. The highest BCUT2D eigenvalue weighted by Crippen LogP contribution is 2.29. The molecule has 0 aliphatic carbocycles. The molecule has 2 rings (SSSR count). The number of nitrogens with zero attached hydrogens (tertiary/aromatic N) is 2. The number of benzene rings is 1. The fraction of sp³-hybridized carbons (Fsp3) is 0.611. The van der Waals surface area contributed by atoms with Gasteiger partial charge in [-0.1, -0.05) is 24.6 Å². The van der Waals surface area contributed by atoms with Gasteiger partial charge in [-0.25, -0.2) is 8.42 Å². The normalized spacial score (nSPS) is 16.7. The molecule has 1 aliphatic heterocycles. The third-order valence-corrected chi connectivity index (χ3v) is 5.97. The SMILES string of the molecule is CCC(C(=O)NCCN1CCOCC1)N(c1cc(Cl)ccc1C)S(C)(=O)=O. The topological polar surface area (TPSA) is 79.0 Å². The van der Waals surface area contributed by atoms with Gasteiger partial charge in [-0.2, -0.15) is 0 Å². The zero-order chi connectivity index (χ0) is 20.0. The molecule has 0 spiro atoms. The lowest BCUT2D eigenvalue weighted by molar-refractivity contribution is -0.122. The number of carbonyl (C=O) groups is 1. The van der Waals surface area contributed by atoms with Crippen LogP contribution in [0, 0.1) is 6.92 Å². The molecule has 1 unspecified atom stereocenters. The van der Waals surface area contributed by atoms with Gasteiger partial charge in [0.2, 0.25) is 15.9 Å². The summed E-state index contributed by atoms with van der Waals surface area (Å²) in [6.45, 7) is 7.83. The Morgan fingerprint density at radius 2 is 2.04 bits per heavy atom. The van der Waals surface area contributed by atoms with Crippen LogP contribution in [0.5, 0.6) is 0 Å². The van der Waals surface area contributed by atoms with Crippen molar-refractivity contribution in [2.45, 2.75) is 26.3 Å². The summed E-state index contributed by atoms with van der Waals surface area (Å²) in [4.78, 5) is 15.0. The van der Waals surface area contributed by atoms with E-state index >= 15 is 0 Å². The number of nitrogens with one attached hydrogen (secondary N) is 1. The molecule has 1 saturated heterocycles. The minimum absolute atomic E-state index is 0.310. The predicted molar refractivity (Wildman–Crippen MR) is 108 cm³/mol. The first-order valence-corrected chi connectivity index (χ1v) is 11.3. The molecule has 0 aromatic heterocycles. The van der Waals surface area contributed by atoms with Crippen LogP contribution in [0.1, 0.15) is 18.9 Å². The molecule has 1 aliphatic rings. The summed E-state index contributed by atoms with van der Waals surface area (Å²) in [6.07, 6.45) is 1.46. The van der Waals surface area contributed by atoms with Crippen LogP contribution in [-0.2, 0) is 19.6 Å². The van der Waals surface area contributed by atoms with Crippen LogP contribution in [0.4, 0.5) is 5.69 Å². The first-order valence-electron chi connectivity index (χ1n) is 9.07. The molecule has 1 aromatic carbocycles. The lowest BCUT2D eigenvalue weighted by Gasteiger charge is -2.32. The summed E-state index contributed by atoms with van der Waals surface area (Å²) < 4.78 is 31.5. The van der Waals surface area contributed by atoms with E-state index in [0.29, 0.717) is 43.4 Å². The second-order valence-electron chi connectivity index (χ2n) is 6.66. The van der Waals surface area contributed by atoms with E-state index < -0.39 is 16.1 Å². The number of hydrogen-bond donors (Lipinski definition) is 1. The number of anilines is 1. The molecule has 0 radical (unpaired) electrons. The lowest BCUT2D eigenvalue weighted by atomic mass is 10.1. The Morgan fingerprint density at radius 3 is 2.63 bits per heavy atom. The van der Waals surface area contributed by atoms with Crippen molar-refractivity contribution in [2.75, 3.05) is 50.0 Å². The van der Waals surface area contributed by atoms with E-state index in [0.717, 1.165) is 24.9 Å². The molecule has 1 fully saturated rings. The van der Waals surface area contributed by atoms with Gasteiger partial charge in [0, 0.05) is 31.2 Å². The second-order valence-corrected chi connectivity index (χ2v) is 8.95. The molecule has 0 saturated carbocycles. The molecule has 27 heavy (non-hydrogen) atoms. The number of aryl methyl sites for hydroxylation is 1. The quantitative estimate of drug-likeness (QED) is 0.695. The Labute approximate surface area is 166 Å². The van der Waals surface area contributed by atoms with Crippen LogP contribution in [0.15, 0.2) is 18.2 Å². The molecule has 0 bridgehead atoms. The fourth-order valence-electron chi connectivity index (χ4n) is 3.14. The van der Waals surface area contributed by atoms with E-state index in [1.807, 2.05) is 0 Å². The number of morpholine rings is 1. The number of hydrogen-bond acceptors (Lipinski definition) is 5. The molecule has 1 amide bonds. The average molecular weight is 418 g/mol. The molecule has 7 nitrogen and oxygen atoms in total. The van der Waals surface area contributed by atoms with Gasteiger partial charge in [0.1, 0.15) is 6.04 Å². The van der Waals surface area contributed by atoms with E-state index in [1.54, 1.807) is 32.0 Å². The van der Waals surface area contributed by atoms with Crippen LogP contribution < -0.4 is 9.62 Å². The zero-order valence-corrected chi connectivity index (χ0v) is 17.6. The highest BCUT2D eigenvalue weighted by atomic mass is 35.5. The average Bonchev–Trinajstić information content (AvgIpc) is 2.61. The van der Waals surface area contributed by atoms with Crippen molar-refractivity contribution >= 4 is 33.2 Å². The number of amides is 1. The van der Waals surface area contributed by atoms with Gasteiger partial charge in [0.15, 0.2) is 0 Å². The lowest BCUT2D eigenvalue weighted by Crippen LogP contribution is -2.51. The van der Waals surface area contributed by atoms with Gasteiger partial charge in [0.25, 0.3) is 0 Å². The van der Waals surface area contributed by atoms with Crippen molar-refractivity contribution in [1.82, 2.24) is 10.2 Å². The van der Waals surface area contributed by atoms with E-state index in [9.17, 15) is 13.2 Å². The summed E-state index contributed by atoms with van der Waals surface area (Å²) in [6, 6.07) is 4.20. The van der Waals surface area contributed by atoms with Crippen LogP contribution in [-0.4, -0.2) is 70.9 Å². The summed E-state index contributed by atoms with van der Waals surface area (Å²) in [5, 5.41) is 3.30. The standard InChI is InChI=1S/C18H28ClN3O4S/c1-4-16(18(23)20-7-8-21-9-11-26-12-10-21)22(27(3,24)25)17-13-15(19)6-5-14(17)2/h5-6,13,16H,4,7-12H2,1-3H3,(H,20,23). The first-order chi connectivity index (χ1) is 12.7. The third kappa shape index (κ3) is 6.07. The zero-order valence-electron chi connectivity index (χ0n) is 16.1. The smallest absolute Gasteiger partial charge is 0.243 e. The van der Waals surface area contributed by atoms with Gasteiger partial charge >= 0.3 is 0 Å². The van der Waals surface area contributed by atoms with Crippen LogP contribution in [0.2, 0.25) is 5.02 Å². The van der Waals surface area contributed by atoms with Gasteiger partial charge in [-0.15, -0.1) is 0 Å². The number of sulfonamides is 1. The first kappa shape index (κ1) is 21.9. The van der Waals surface area contributed by atoms with Crippen molar-refractivity contribution < 1.29 is 17.9 Å². The summed E-state index contributed by atoms with van der Waals surface area (Å²) in [5.74, 6) is -0.310. The van der Waals surface area contributed by atoms with Crippen molar-refractivity contribution in [3.05, 3.63) is 28.8 Å². The Bertz CT molecular complexity index is 751. The highest BCUT2D eigenvalue weighted by Gasteiger charge is 2.32. The number of ether oxygens (including phenoxy) is 1. The second kappa shape index (κ2) is 9.73. The molecule has 1 atom stereocenters. The summed E-state index contributed by atoms with van der Waals surface area (Å²) in [7, 11) is -3.67. The van der Waals surface area contributed by atoms with E-state index in [4.69, 9.17) is 16.3 Å². The molecular weight excluding hydrogens is 390 g/mol. The monoisotopic (exact) mass is 417 g/mol. The number of rotatable bonds is 8. The number of carbonyl (C=O) groups excluding carboxylic acids is 1. The Kier molecular flexibility index (Phi) is 7.91. The van der Waals surface area contributed by atoms with Crippen molar-refractivity contribution in [3.63, 3.8) is 0 Å². The van der Waals surface area contributed by atoms with Gasteiger partial charge in [0.05, 0.1) is 25.2 Å². The Morgan fingerprint density at radius 1 is 1.37 bits per heavy atom. The summed E-state index contributed by atoms with van der Waals surface area (Å²) in [5.41, 5.74) is 1.17. The van der Waals surface area contributed by atoms with Crippen LogP contribution in [0.3, 0.4) is 0 Å². The van der Waals surface area contributed by atoms with Gasteiger partial charge in [-0.05, 0) is 31.0 Å². The molecule has 1 N–H and O–H groups in total. The molecule has 1 aromatic rings. The predicted octanol–water partition coefficient (Wildman–Crippen LogP) is 1.64. The maximum Gasteiger partial charge on any atom is 0.243 e. The fourth-order valence-corrected chi connectivity index (χ4v) is 4.56. The van der Waals surface area contributed by atoms with Gasteiger partial charge < -0.3 is 10.1 Å².